The number of aliphatic hydroxyl groups is 1. The molecular formula is C19H28N2O2. The molecule has 1 saturated carbocycles. The molecule has 126 valence electrons. The summed E-state index contributed by atoms with van der Waals surface area (Å²) in [5, 5.41) is 13.1. The number of hydrogen-bond acceptors (Lipinski definition) is 3. The number of piperidine rings is 1. The fourth-order valence-electron chi connectivity index (χ4n) is 3.96. The van der Waals surface area contributed by atoms with Gasteiger partial charge in [-0.2, -0.15) is 0 Å². The summed E-state index contributed by atoms with van der Waals surface area (Å²) in [4.78, 5) is 15.1. The van der Waals surface area contributed by atoms with Crippen molar-refractivity contribution in [2.24, 2.45) is 0 Å². The fraction of sp³-hybridized carbons (Fsp3) is 0.632. The summed E-state index contributed by atoms with van der Waals surface area (Å²) in [6.45, 7) is 2.78. The van der Waals surface area contributed by atoms with Crippen molar-refractivity contribution >= 4 is 5.91 Å². The van der Waals surface area contributed by atoms with Gasteiger partial charge in [0.2, 0.25) is 0 Å². The summed E-state index contributed by atoms with van der Waals surface area (Å²) in [7, 11) is 0. The molecule has 1 aliphatic heterocycles. The summed E-state index contributed by atoms with van der Waals surface area (Å²) in [5.74, 6) is 0.0459. The van der Waals surface area contributed by atoms with Gasteiger partial charge >= 0.3 is 0 Å². The number of carbonyl (C=O) groups is 1. The van der Waals surface area contributed by atoms with Gasteiger partial charge in [-0.3, -0.25) is 4.79 Å². The molecule has 1 saturated heterocycles. The Morgan fingerprint density at radius 1 is 1.13 bits per heavy atom. The van der Waals surface area contributed by atoms with Gasteiger partial charge in [-0.25, -0.2) is 0 Å². The Bertz CT molecular complexity index is 503. The van der Waals surface area contributed by atoms with E-state index in [1.165, 1.54) is 19.3 Å². The molecule has 0 atom stereocenters. The smallest absolute Gasteiger partial charge is 0.251 e. The highest BCUT2D eigenvalue weighted by Crippen LogP contribution is 2.30. The lowest BCUT2D eigenvalue weighted by Gasteiger charge is -2.43. The SMILES string of the molecule is O=C(NC1(CN2CCC(O)CC2)CCCCC1)c1ccccc1. The Labute approximate surface area is 138 Å². The molecule has 23 heavy (non-hydrogen) atoms. The molecule has 3 rings (SSSR count). The molecule has 2 N–H and O–H groups in total. The van der Waals surface area contributed by atoms with Crippen LogP contribution in [0.1, 0.15) is 55.3 Å². The van der Waals surface area contributed by atoms with Gasteiger partial charge in [0.05, 0.1) is 11.6 Å². The normalized spacial score (nSPS) is 22.7. The summed E-state index contributed by atoms with van der Waals surface area (Å²) >= 11 is 0. The van der Waals surface area contributed by atoms with E-state index in [1.54, 1.807) is 0 Å². The summed E-state index contributed by atoms with van der Waals surface area (Å²) in [6.07, 6.45) is 7.31. The van der Waals surface area contributed by atoms with Gasteiger partial charge in [-0.15, -0.1) is 0 Å². The highest BCUT2D eigenvalue weighted by atomic mass is 16.3. The maximum Gasteiger partial charge on any atom is 0.251 e. The van der Waals surface area contributed by atoms with E-state index in [1.807, 2.05) is 30.3 Å². The fourth-order valence-corrected chi connectivity index (χ4v) is 3.96. The molecule has 0 bridgehead atoms. The van der Waals surface area contributed by atoms with Crippen LogP contribution in [0.3, 0.4) is 0 Å². The molecule has 0 radical (unpaired) electrons. The molecule has 0 unspecified atom stereocenters. The van der Waals surface area contributed by atoms with Gasteiger partial charge in [0.1, 0.15) is 0 Å². The van der Waals surface area contributed by atoms with E-state index in [0.717, 1.165) is 50.9 Å². The van der Waals surface area contributed by atoms with Gasteiger partial charge in [0, 0.05) is 25.2 Å². The second-order valence-electron chi connectivity index (χ2n) is 7.17. The quantitative estimate of drug-likeness (QED) is 0.898. The van der Waals surface area contributed by atoms with Gasteiger partial charge < -0.3 is 15.3 Å². The first-order valence-corrected chi connectivity index (χ1v) is 8.95. The third-order valence-corrected chi connectivity index (χ3v) is 5.31. The molecule has 1 aromatic rings. The standard InChI is InChI=1S/C19H28N2O2/c22-17-9-13-21(14-10-17)15-19(11-5-2-6-12-19)20-18(23)16-7-3-1-4-8-16/h1,3-4,7-8,17,22H,2,5-6,9-15H2,(H,20,23). The number of nitrogens with zero attached hydrogens (tertiary/aromatic N) is 1. The lowest BCUT2D eigenvalue weighted by molar-refractivity contribution is 0.0531. The second kappa shape index (κ2) is 7.45. The number of carbonyl (C=O) groups excluding carboxylic acids is 1. The first-order valence-electron chi connectivity index (χ1n) is 8.95. The zero-order chi connectivity index (χ0) is 16.1. The van der Waals surface area contributed by atoms with Gasteiger partial charge in [0.25, 0.3) is 5.91 Å². The van der Waals surface area contributed by atoms with Crippen LogP contribution < -0.4 is 5.32 Å². The molecule has 1 amide bonds. The van der Waals surface area contributed by atoms with Crippen LogP contribution in [0, 0.1) is 0 Å². The summed E-state index contributed by atoms with van der Waals surface area (Å²) < 4.78 is 0. The lowest BCUT2D eigenvalue weighted by atomic mass is 9.80. The van der Waals surface area contributed by atoms with Gasteiger partial charge in [0.15, 0.2) is 0 Å². The number of rotatable bonds is 4. The highest BCUT2D eigenvalue weighted by Gasteiger charge is 2.36. The van der Waals surface area contributed by atoms with Crippen LogP contribution in [0.4, 0.5) is 0 Å². The molecule has 4 nitrogen and oxygen atoms in total. The van der Waals surface area contributed by atoms with Crippen LogP contribution in [0.15, 0.2) is 30.3 Å². The van der Waals surface area contributed by atoms with Gasteiger partial charge in [-0.05, 0) is 37.8 Å². The van der Waals surface area contributed by atoms with E-state index >= 15 is 0 Å². The van der Waals surface area contributed by atoms with Gasteiger partial charge in [-0.1, -0.05) is 37.5 Å². The Morgan fingerprint density at radius 2 is 1.78 bits per heavy atom. The monoisotopic (exact) mass is 316 g/mol. The number of likely N-dealkylation sites (tertiary alicyclic amines) is 1. The molecule has 1 heterocycles. The topological polar surface area (TPSA) is 52.6 Å². The van der Waals surface area contributed by atoms with E-state index in [-0.39, 0.29) is 17.6 Å². The number of nitrogens with one attached hydrogen (secondary N) is 1. The predicted octanol–water partition coefficient (Wildman–Crippen LogP) is 2.58. The number of amides is 1. The molecule has 2 fully saturated rings. The minimum atomic E-state index is -0.146. The average molecular weight is 316 g/mol. The Kier molecular flexibility index (Phi) is 5.34. The molecule has 2 aliphatic rings. The highest BCUT2D eigenvalue weighted by molar-refractivity contribution is 5.94. The van der Waals surface area contributed by atoms with Crippen molar-refractivity contribution in [2.75, 3.05) is 19.6 Å². The molecule has 1 aliphatic carbocycles. The summed E-state index contributed by atoms with van der Waals surface area (Å²) in [6, 6.07) is 9.52. The first kappa shape index (κ1) is 16.5. The second-order valence-corrected chi connectivity index (χ2v) is 7.17. The third-order valence-electron chi connectivity index (χ3n) is 5.31. The van der Waals surface area contributed by atoms with Crippen LogP contribution in [0.2, 0.25) is 0 Å². The van der Waals surface area contributed by atoms with Crippen molar-refractivity contribution in [1.82, 2.24) is 10.2 Å². The Balaban J connectivity index is 1.68. The van der Waals surface area contributed by atoms with Crippen molar-refractivity contribution < 1.29 is 9.90 Å². The van der Waals surface area contributed by atoms with E-state index in [9.17, 15) is 9.90 Å². The number of hydrogen-bond donors (Lipinski definition) is 2. The zero-order valence-corrected chi connectivity index (χ0v) is 13.8. The molecular weight excluding hydrogens is 288 g/mol. The Hall–Kier alpha value is -1.39. The largest absolute Gasteiger partial charge is 0.393 e. The van der Waals surface area contributed by atoms with Crippen LogP contribution in [-0.2, 0) is 0 Å². The van der Waals surface area contributed by atoms with Crippen LogP contribution in [0.5, 0.6) is 0 Å². The minimum absolute atomic E-state index is 0.0459. The van der Waals surface area contributed by atoms with Crippen molar-refractivity contribution in [3.8, 4) is 0 Å². The zero-order valence-electron chi connectivity index (χ0n) is 13.8. The molecule has 0 aromatic heterocycles. The van der Waals surface area contributed by atoms with E-state index < -0.39 is 0 Å². The van der Waals surface area contributed by atoms with Crippen LogP contribution in [-0.4, -0.2) is 47.2 Å². The van der Waals surface area contributed by atoms with Crippen LogP contribution >= 0.6 is 0 Å². The van der Waals surface area contributed by atoms with Crippen molar-refractivity contribution in [3.63, 3.8) is 0 Å². The first-order chi connectivity index (χ1) is 11.2. The van der Waals surface area contributed by atoms with Crippen molar-refractivity contribution in [1.29, 1.82) is 0 Å². The summed E-state index contributed by atoms with van der Waals surface area (Å²) in [5.41, 5.74) is 0.638. The van der Waals surface area contributed by atoms with Crippen LogP contribution in [0.25, 0.3) is 0 Å². The minimum Gasteiger partial charge on any atom is -0.393 e. The van der Waals surface area contributed by atoms with E-state index in [4.69, 9.17) is 0 Å². The Morgan fingerprint density at radius 3 is 2.43 bits per heavy atom. The molecule has 1 aromatic carbocycles. The van der Waals surface area contributed by atoms with E-state index in [2.05, 4.69) is 10.2 Å². The predicted molar refractivity (Wildman–Crippen MR) is 91.4 cm³/mol. The average Bonchev–Trinajstić information content (AvgIpc) is 2.58. The number of aliphatic hydroxyl groups excluding tert-OH is 1. The number of benzene rings is 1. The molecule has 0 spiro atoms. The maximum absolute atomic E-state index is 12.6. The molecule has 4 heteroatoms. The van der Waals surface area contributed by atoms with Crippen molar-refractivity contribution in [3.05, 3.63) is 35.9 Å². The third kappa shape index (κ3) is 4.33. The van der Waals surface area contributed by atoms with Crippen molar-refractivity contribution in [2.45, 2.75) is 56.6 Å². The lowest BCUT2D eigenvalue weighted by Crippen LogP contribution is -2.57. The maximum atomic E-state index is 12.6. The van der Waals surface area contributed by atoms with E-state index in [0.29, 0.717) is 0 Å².